The highest BCUT2D eigenvalue weighted by molar-refractivity contribution is 7.12. The first-order valence-electron chi connectivity index (χ1n) is 6.47. The van der Waals surface area contributed by atoms with Crippen LogP contribution in [0.15, 0.2) is 6.07 Å². The van der Waals surface area contributed by atoms with Gasteiger partial charge < -0.3 is 5.73 Å². The van der Waals surface area contributed by atoms with Gasteiger partial charge in [-0.1, -0.05) is 39.0 Å². The van der Waals surface area contributed by atoms with Crippen LogP contribution in [0.3, 0.4) is 0 Å². The molecule has 0 aliphatic carbocycles. The molecule has 2 heteroatoms. The van der Waals surface area contributed by atoms with Gasteiger partial charge in [-0.2, -0.15) is 0 Å². The van der Waals surface area contributed by atoms with Crippen LogP contribution in [0.25, 0.3) is 0 Å². The van der Waals surface area contributed by atoms with Crippen LogP contribution in [0.2, 0.25) is 0 Å². The summed E-state index contributed by atoms with van der Waals surface area (Å²) >= 11 is 1.87. The van der Waals surface area contributed by atoms with Crippen LogP contribution >= 0.6 is 11.3 Å². The van der Waals surface area contributed by atoms with Crippen molar-refractivity contribution in [1.82, 2.24) is 0 Å². The molecule has 0 saturated carbocycles. The molecule has 1 aromatic rings. The third-order valence-electron chi connectivity index (χ3n) is 3.17. The summed E-state index contributed by atoms with van der Waals surface area (Å²) in [5.41, 5.74) is 7.59. The Hall–Kier alpha value is -0.340. The van der Waals surface area contributed by atoms with Gasteiger partial charge in [0.25, 0.3) is 0 Å². The molecule has 0 radical (unpaired) electrons. The lowest BCUT2D eigenvalue weighted by Crippen LogP contribution is -2.08. The Balaban J connectivity index is 2.27. The number of hydrogen-bond acceptors (Lipinski definition) is 2. The molecule has 1 rings (SSSR count). The Kier molecular flexibility index (Phi) is 6.07. The minimum absolute atomic E-state index is 0.263. The number of nitrogens with two attached hydrogens (primary N) is 1. The van der Waals surface area contributed by atoms with Gasteiger partial charge in [0.15, 0.2) is 0 Å². The lowest BCUT2D eigenvalue weighted by molar-refractivity contribution is 0.559. The van der Waals surface area contributed by atoms with Gasteiger partial charge in [0.2, 0.25) is 0 Å². The zero-order chi connectivity index (χ0) is 12.0. The second-order valence-electron chi connectivity index (χ2n) is 4.70. The van der Waals surface area contributed by atoms with Gasteiger partial charge in [-0.15, -0.1) is 11.3 Å². The number of thiophene rings is 1. The van der Waals surface area contributed by atoms with Crippen LogP contribution in [-0.4, -0.2) is 0 Å². The average molecular weight is 239 g/mol. The highest BCUT2D eigenvalue weighted by Crippen LogP contribution is 2.28. The van der Waals surface area contributed by atoms with E-state index in [1.807, 2.05) is 11.3 Å². The lowest BCUT2D eigenvalue weighted by Gasteiger charge is -2.08. The van der Waals surface area contributed by atoms with E-state index in [4.69, 9.17) is 5.73 Å². The highest BCUT2D eigenvalue weighted by Gasteiger charge is 2.09. The van der Waals surface area contributed by atoms with Crippen molar-refractivity contribution in [3.63, 3.8) is 0 Å². The van der Waals surface area contributed by atoms with Crippen LogP contribution in [0.4, 0.5) is 0 Å². The minimum Gasteiger partial charge on any atom is -0.323 e. The van der Waals surface area contributed by atoms with Gasteiger partial charge in [-0.3, -0.25) is 0 Å². The summed E-state index contributed by atoms with van der Waals surface area (Å²) in [5.74, 6) is 0. The topological polar surface area (TPSA) is 26.0 Å². The van der Waals surface area contributed by atoms with E-state index in [1.54, 1.807) is 0 Å². The van der Waals surface area contributed by atoms with Gasteiger partial charge in [0.1, 0.15) is 0 Å². The summed E-state index contributed by atoms with van der Waals surface area (Å²) < 4.78 is 0. The van der Waals surface area contributed by atoms with Gasteiger partial charge in [0, 0.05) is 15.8 Å². The zero-order valence-corrected chi connectivity index (χ0v) is 11.7. The summed E-state index contributed by atoms with van der Waals surface area (Å²) in [6.45, 7) is 6.60. The SMILES string of the molecule is CCCCCCCC(N)c1cc(C)c(C)s1. The van der Waals surface area contributed by atoms with E-state index in [-0.39, 0.29) is 6.04 Å². The van der Waals surface area contributed by atoms with Crippen LogP contribution in [0.5, 0.6) is 0 Å². The molecule has 1 nitrogen and oxygen atoms in total. The third kappa shape index (κ3) is 4.26. The van der Waals surface area contributed by atoms with Crippen molar-refractivity contribution < 1.29 is 0 Å². The third-order valence-corrected chi connectivity index (χ3v) is 4.45. The van der Waals surface area contributed by atoms with E-state index in [0.29, 0.717) is 0 Å². The van der Waals surface area contributed by atoms with Gasteiger partial charge in [-0.25, -0.2) is 0 Å². The van der Waals surface area contributed by atoms with E-state index in [1.165, 1.54) is 47.4 Å². The molecule has 0 fully saturated rings. The molecule has 1 atom stereocenters. The fourth-order valence-corrected chi connectivity index (χ4v) is 2.97. The number of unbranched alkanes of at least 4 members (excludes halogenated alkanes) is 4. The smallest absolute Gasteiger partial charge is 0.0389 e. The van der Waals surface area contributed by atoms with E-state index in [2.05, 4.69) is 26.8 Å². The van der Waals surface area contributed by atoms with Crippen molar-refractivity contribution in [1.29, 1.82) is 0 Å². The largest absolute Gasteiger partial charge is 0.323 e. The Labute approximate surface area is 104 Å². The van der Waals surface area contributed by atoms with Crippen molar-refractivity contribution in [2.75, 3.05) is 0 Å². The molecule has 0 bridgehead atoms. The van der Waals surface area contributed by atoms with Crippen molar-refractivity contribution >= 4 is 11.3 Å². The zero-order valence-electron chi connectivity index (χ0n) is 10.9. The van der Waals surface area contributed by atoms with Crippen molar-refractivity contribution in [2.24, 2.45) is 5.73 Å². The van der Waals surface area contributed by atoms with Crippen molar-refractivity contribution in [3.8, 4) is 0 Å². The first-order chi connectivity index (χ1) is 7.65. The molecular weight excluding hydrogens is 214 g/mol. The van der Waals surface area contributed by atoms with Crippen LogP contribution in [0.1, 0.15) is 66.8 Å². The fraction of sp³-hybridized carbons (Fsp3) is 0.714. The molecule has 16 heavy (non-hydrogen) atoms. The predicted molar refractivity (Wildman–Crippen MR) is 74.1 cm³/mol. The quantitative estimate of drug-likeness (QED) is 0.684. The van der Waals surface area contributed by atoms with Gasteiger partial charge >= 0.3 is 0 Å². The monoisotopic (exact) mass is 239 g/mol. The van der Waals surface area contributed by atoms with E-state index in [9.17, 15) is 0 Å². The maximum absolute atomic E-state index is 6.20. The molecule has 1 unspecified atom stereocenters. The Morgan fingerprint density at radius 2 is 1.88 bits per heavy atom. The second kappa shape index (κ2) is 7.08. The maximum atomic E-state index is 6.20. The van der Waals surface area contributed by atoms with E-state index >= 15 is 0 Å². The molecule has 1 aromatic heterocycles. The fourth-order valence-electron chi connectivity index (χ4n) is 1.89. The summed E-state index contributed by atoms with van der Waals surface area (Å²) in [7, 11) is 0. The highest BCUT2D eigenvalue weighted by atomic mass is 32.1. The van der Waals surface area contributed by atoms with Crippen LogP contribution < -0.4 is 5.73 Å². The van der Waals surface area contributed by atoms with Crippen LogP contribution in [-0.2, 0) is 0 Å². The maximum Gasteiger partial charge on any atom is 0.0389 e. The van der Waals surface area contributed by atoms with Crippen LogP contribution in [0, 0.1) is 13.8 Å². The molecule has 0 spiro atoms. The molecular formula is C14H25NS. The van der Waals surface area contributed by atoms with Gasteiger partial charge in [-0.05, 0) is 31.9 Å². The standard InChI is InChI=1S/C14H25NS/c1-4-5-6-7-8-9-13(15)14-10-11(2)12(3)16-14/h10,13H,4-9,15H2,1-3H3. The first-order valence-corrected chi connectivity index (χ1v) is 7.29. The van der Waals surface area contributed by atoms with E-state index in [0.717, 1.165) is 6.42 Å². The van der Waals surface area contributed by atoms with Crippen molar-refractivity contribution in [3.05, 3.63) is 21.4 Å². The molecule has 0 aromatic carbocycles. The molecule has 0 aliphatic heterocycles. The number of hydrogen-bond donors (Lipinski definition) is 1. The normalized spacial score (nSPS) is 13.0. The van der Waals surface area contributed by atoms with E-state index < -0.39 is 0 Å². The average Bonchev–Trinajstić information content (AvgIpc) is 2.59. The Morgan fingerprint density at radius 1 is 1.19 bits per heavy atom. The Morgan fingerprint density at radius 3 is 2.44 bits per heavy atom. The summed E-state index contributed by atoms with van der Waals surface area (Å²) in [6.07, 6.45) is 7.80. The predicted octanol–water partition coefficient (Wildman–Crippen LogP) is 4.73. The molecule has 0 amide bonds. The second-order valence-corrected chi connectivity index (χ2v) is 5.99. The molecule has 2 N–H and O–H groups in total. The molecule has 0 aliphatic rings. The summed E-state index contributed by atoms with van der Waals surface area (Å²) in [5, 5.41) is 0. The number of rotatable bonds is 7. The number of aryl methyl sites for hydroxylation is 2. The summed E-state index contributed by atoms with van der Waals surface area (Å²) in [6, 6.07) is 2.52. The molecule has 1 heterocycles. The molecule has 92 valence electrons. The van der Waals surface area contributed by atoms with Crippen molar-refractivity contribution in [2.45, 2.75) is 65.3 Å². The Bertz CT molecular complexity index is 284. The lowest BCUT2D eigenvalue weighted by atomic mass is 10.1. The summed E-state index contributed by atoms with van der Waals surface area (Å²) in [4.78, 5) is 2.78. The van der Waals surface area contributed by atoms with Gasteiger partial charge in [0.05, 0.1) is 0 Å². The minimum atomic E-state index is 0.263. The molecule has 0 saturated heterocycles. The first kappa shape index (κ1) is 13.7.